The summed E-state index contributed by atoms with van der Waals surface area (Å²) in [6.45, 7) is 0.140. The average Bonchev–Trinajstić information content (AvgIpc) is 2.18. The number of aliphatic hydroxyl groups excluding tert-OH is 1. The molecule has 0 amide bonds. The predicted octanol–water partition coefficient (Wildman–Crippen LogP) is 1.48. The van der Waals surface area contributed by atoms with Crippen molar-refractivity contribution in [2.24, 2.45) is 0 Å². The number of hydrogen-bond acceptors (Lipinski definition) is 4. The molecule has 1 rings (SSSR count). The normalized spacial score (nSPS) is 11.1. The first kappa shape index (κ1) is 14.3. The van der Waals surface area contributed by atoms with Crippen molar-refractivity contribution in [1.82, 2.24) is 0 Å². The SMILES string of the molecule is O=[P+](O)O[P+](=O)O.OCc1ccccc1. The summed E-state index contributed by atoms with van der Waals surface area (Å²) in [5, 5.41) is 8.54. The highest BCUT2D eigenvalue weighted by Gasteiger charge is 2.31. The number of benzene rings is 1. The third-order valence-electron chi connectivity index (χ3n) is 1.17. The summed E-state index contributed by atoms with van der Waals surface area (Å²) in [5.74, 6) is 0. The molecule has 3 N–H and O–H groups in total. The summed E-state index contributed by atoms with van der Waals surface area (Å²) in [7, 11) is -5.85. The maximum absolute atomic E-state index is 9.39. The van der Waals surface area contributed by atoms with Crippen LogP contribution in [0.1, 0.15) is 5.56 Å². The van der Waals surface area contributed by atoms with Crippen molar-refractivity contribution in [1.29, 1.82) is 0 Å². The Morgan fingerprint density at radius 2 is 1.53 bits per heavy atom. The van der Waals surface area contributed by atoms with Crippen molar-refractivity contribution < 1.29 is 28.3 Å². The van der Waals surface area contributed by atoms with Crippen LogP contribution in [0.3, 0.4) is 0 Å². The predicted molar refractivity (Wildman–Crippen MR) is 53.1 cm³/mol. The third kappa shape index (κ3) is 9.56. The van der Waals surface area contributed by atoms with Gasteiger partial charge in [0.1, 0.15) is 0 Å². The van der Waals surface area contributed by atoms with Crippen LogP contribution in [-0.2, 0) is 20.0 Å². The van der Waals surface area contributed by atoms with Crippen LogP contribution in [0.15, 0.2) is 30.3 Å². The minimum absolute atomic E-state index is 0.140. The van der Waals surface area contributed by atoms with Gasteiger partial charge in [0.05, 0.1) is 6.61 Å². The zero-order valence-corrected chi connectivity index (χ0v) is 9.34. The summed E-state index contributed by atoms with van der Waals surface area (Å²) in [6.07, 6.45) is 0. The van der Waals surface area contributed by atoms with Crippen molar-refractivity contribution in [3.05, 3.63) is 35.9 Å². The van der Waals surface area contributed by atoms with Gasteiger partial charge in [-0.25, -0.2) is 0 Å². The van der Waals surface area contributed by atoms with E-state index in [9.17, 15) is 9.13 Å². The Labute approximate surface area is 88.1 Å². The van der Waals surface area contributed by atoms with Gasteiger partial charge in [0.2, 0.25) is 0 Å². The van der Waals surface area contributed by atoms with E-state index < -0.39 is 16.5 Å². The number of aliphatic hydroxyl groups is 1. The summed E-state index contributed by atoms with van der Waals surface area (Å²) in [5.41, 5.74) is 0.965. The van der Waals surface area contributed by atoms with E-state index in [1.54, 1.807) is 0 Å². The van der Waals surface area contributed by atoms with Gasteiger partial charge in [0.25, 0.3) is 0 Å². The van der Waals surface area contributed by atoms with Crippen LogP contribution in [0.4, 0.5) is 0 Å². The first-order valence-electron chi connectivity index (χ1n) is 3.71. The molecule has 0 saturated heterocycles. The fourth-order valence-electron chi connectivity index (χ4n) is 0.643. The van der Waals surface area contributed by atoms with Gasteiger partial charge in [-0.15, -0.1) is 9.79 Å². The molecule has 2 unspecified atom stereocenters. The van der Waals surface area contributed by atoms with Gasteiger partial charge < -0.3 is 5.11 Å². The van der Waals surface area contributed by atoms with E-state index in [4.69, 9.17) is 14.9 Å². The molecule has 0 saturated carbocycles. The lowest BCUT2D eigenvalue weighted by molar-refractivity contribution is 0.282. The molecule has 0 radical (unpaired) electrons. The second kappa shape index (κ2) is 8.56. The van der Waals surface area contributed by atoms with Crippen molar-refractivity contribution in [2.75, 3.05) is 0 Å². The molecule has 0 aliphatic rings. The van der Waals surface area contributed by atoms with Crippen molar-refractivity contribution in [3.63, 3.8) is 0 Å². The van der Waals surface area contributed by atoms with E-state index in [0.29, 0.717) is 0 Å². The molecule has 0 aromatic heterocycles. The van der Waals surface area contributed by atoms with E-state index in [1.807, 2.05) is 30.3 Å². The average molecular weight is 252 g/mol. The molecule has 0 heterocycles. The van der Waals surface area contributed by atoms with Gasteiger partial charge in [-0.3, -0.25) is 0 Å². The highest BCUT2D eigenvalue weighted by atomic mass is 31.2. The molecule has 15 heavy (non-hydrogen) atoms. The molecule has 2 atom stereocenters. The van der Waals surface area contributed by atoms with Crippen LogP contribution < -0.4 is 0 Å². The highest BCUT2D eigenvalue weighted by Crippen LogP contribution is 2.30. The van der Waals surface area contributed by atoms with Crippen molar-refractivity contribution >= 4 is 16.5 Å². The van der Waals surface area contributed by atoms with Crippen LogP contribution in [0.5, 0.6) is 0 Å². The van der Waals surface area contributed by atoms with Gasteiger partial charge in [0.15, 0.2) is 4.31 Å². The first-order chi connectivity index (χ1) is 7.06. The molecule has 82 valence electrons. The van der Waals surface area contributed by atoms with E-state index in [-0.39, 0.29) is 6.61 Å². The van der Waals surface area contributed by atoms with E-state index in [2.05, 4.69) is 4.31 Å². The molecule has 8 heteroatoms. The largest absolute Gasteiger partial charge is 0.745 e. The fraction of sp³-hybridized carbons (Fsp3) is 0.143. The molecule has 0 fully saturated rings. The quantitative estimate of drug-likeness (QED) is 0.704. The second-order valence-corrected chi connectivity index (χ2v) is 3.81. The van der Waals surface area contributed by atoms with Crippen molar-refractivity contribution in [2.45, 2.75) is 6.61 Å². The Bertz CT molecular complexity index is 303. The van der Waals surface area contributed by atoms with E-state index >= 15 is 0 Å². The van der Waals surface area contributed by atoms with Crippen LogP contribution in [0.25, 0.3) is 0 Å². The molecule has 1 aromatic rings. The van der Waals surface area contributed by atoms with Crippen LogP contribution in [0.2, 0.25) is 0 Å². The summed E-state index contributed by atoms with van der Waals surface area (Å²) < 4.78 is 22.2. The van der Waals surface area contributed by atoms with Gasteiger partial charge in [-0.05, 0) is 5.56 Å². The standard InChI is InChI=1S/C7H8O.O5P2/c8-6-7-4-2-1-3-5-7;1-6(2)5-7(3)4/h1-5,8H,6H2;/p+2. The summed E-state index contributed by atoms with van der Waals surface area (Å²) in [6, 6.07) is 9.52. The van der Waals surface area contributed by atoms with Gasteiger partial charge in [-0.2, -0.15) is 0 Å². The monoisotopic (exact) mass is 252 g/mol. The van der Waals surface area contributed by atoms with Crippen LogP contribution in [-0.4, -0.2) is 14.9 Å². The lowest BCUT2D eigenvalue weighted by atomic mass is 10.2. The lowest BCUT2D eigenvalue weighted by Gasteiger charge is -1.89. The fourth-order valence-corrected chi connectivity index (χ4v) is 1.12. The third-order valence-corrected chi connectivity index (χ3v) is 2.28. The Kier molecular flexibility index (Phi) is 8.14. The second-order valence-electron chi connectivity index (χ2n) is 2.20. The summed E-state index contributed by atoms with van der Waals surface area (Å²) >= 11 is 0. The molecule has 0 aliphatic carbocycles. The molecular formula is C7H10O6P2+2. The Morgan fingerprint density at radius 3 is 1.73 bits per heavy atom. The maximum Gasteiger partial charge on any atom is 0.745 e. The minimum atomic E-state index is -2.92. The van der Waals surface area contributed by atoms with Crippen LogP contribution >= 0.6 is 16.5 Å². The van der Waals surface area contributed by atoms with Crippen molar-refractivity contribution in [3.8, 4) is 0 Å². The molecule has 0 bridgehead atoms. The lowest BCUT2D eigenvalue weighted by Crippen LogP contribution is -1.77. The van der Waals surface area contributed by atoms with Gasteiger partial charge in [-0.1, -0.05) is 30.3 Å². The van der Waals surface area contributed by atoms with Crippen LogP contribution in [0, 0.1) is 0 Å². The van der Waals surface area contributed by atoms with E-state index in [0.717, 1.165) is 5.56 Å². The topological polar surface area (TPSA) is 104 Å². The zero-order chi connectivity index (χ0) is 11.7. The molecule has 0 spiro atoms. The minimum Gasteiger partial charge on any atom is -0.392 e. The Balaban J connectivity index is 0.000000265. The maximum atomic E-state index is 9.39. The highest BCUT2D eigenvalue weighted by molar-refractivity contribution is 7.46. The molecule has 1 aromatic carbocycles. The molecule has 6 nitrogen and oxygen atoms in total. The first-order valence-corrected chi connectivity index (χ1v) is 5.97. The molecule has 0 aliphatic heterocycles. The Morgan fingerprint density at radius 1 is 1.07 bits per heavy atom. The van der Waals surface area contributed by atoms with Gasteiger partial charge in [0, 0.05) is 9.13 Å². The number of hydrogen-bond donors (Lipinski definition) is 3. The zero-order valence-electron chi connectivity index (χ0n) is 7.55. The number of rotatable bonds is 3. The Hall–Kier alpha value is -0.740. The smallest absolute Gasteiger partial charge is 0.392 e. The van der Waals surface area contributed by atoms with Gasteiger partial charge >= 0.3 is 16.5 Å². The summed E-state index contributed by atoms with van der Waals surface area (Å²) in [4.78, 5) is 15.3. The molecular weight excluding hydrogens is 242 g/mol. The van der Waals surface area contributed by atoms with E-state index in [1.165, 1.54) is 0 Å².